The molecule has 4 atom stereocenters. The summed E-state index contributed by atoms with van der Waals surface area (Å²) in [6.07, 6.45) is 18.7. The van der Waals surface area contributed by atoms with Gasteiger partial charge in [-0.3, -0.25) is 0 Å². The fourth-order valence-corrected chi connectivity index (χ4v) is 4.39. The molecule has 0 bridgehead atoms. The third-order valence-electron chi connectivity index (χ3n) is 6.69. The summed E-state index contributed by atoms with van der Waals surface area (Å²) in [6.45, 7) is 13.6. The van der Waals surface area contributed by atoms with E-state index in [1.54, 1.807) is 0 Å². The highest BCUT2D eigenvalue weighted by atomic mass is 16.6. The van der Waals surface area contributed by atoms with E-state index in [0.29, 0.717) is 0 Å². The Balaban J connectivity index is 2.52. The highest BCUT2D eigenvalue weighted by Gasteiger charge is 2.51. The van der Waals surface area contributed by atoms with Gasteiger partial charge in [0.05, 0.1) is 23.4 Å². The summed E-state index contributed by atoms with van der Waals surface area (Å²) in [7, 11) is 0. The molecule has 1 heterocycles. The van der Waals surface area contributed by atoms with Gasteiger partial charge in [-0.1, -0.05) is 90.9 Å². The van der Waals surface area contributed by atoms with E-state index >= 15 is 0 Å². The molecule has 156 valence electrons. The lowest BCUT2D eigenvalue weighted by Crippen LogP contribution is -2.62. The van der Waals surface area contributed by atoms with Gasteiger partial charge in [-0.15, -0.1) is 0 Å². The molecule has 1 aliphatic heterocycles. The second-order valence-electron chi connectivity index (χ2n) is 9.14. The van der Waals surface area contributed by atoms with Crippen LogP contribution in [0.1, 0.15) is 131 Å². The first-order valence-electron chi connectivity index (χ1n) is 11.7. The zero-order valence-electron chi connectivity index (χ0n) is 18.9. The standard InChI is InChI=1S/C24H48O2/c1-7-9-11-13-15-17-19-23(5)24(6,26-22(4)21(3)25-23)20-18-16-14-12-10-8-2/h21-22H,7-20H2,1-6H3. The Labute approximate surface area is 164 Å². The largest absolute Gasteiger partial charge is 0.367 e. The maximum absolute atomic E-state index is 6.60. The van der Waals surface area contributed by atoms with Crippen molar-refractivity contribution < 1.29 is 9.47 Å². The highest BCUT2D eigenvalue weighted by Crippen LogP contribution is 2.44. The highest BCUT2D eigenvalue weighted by molar-refractivity contribution is 5.01. The summed E-state index contributed by atoms with van der Waals surface area (Å²) < 4.78 is 13.2. The first kappa shape index (κ1) is 24.0. The van der Waals surface area contributed by atoms with E-state index in [4.69, 9.17) is 9.47 Å². The average molecular weight is 369 g/mol. The minimum absolute atomic E-state index is 0.146. The van der Waals surface area contributed by atoms with Gasteiger partial charge >= 0.3 is 0 Å². The third kappa shape index (κ3) is 7.50. The molecule has 0 N–H and O–H groups in total. The van der Waals surface area contributed by atoms with Crippen LogP contribution in [0.5, 0.6) is 0 Å². The van der Waals surface area contributed by atoms with Crippen molar-refractivity contribution in [3.8, 4) is 0 Å². The SMILES string of the molecule is CCCCCCCCC1(C)OC(C)C(C)OC1(C)CCCCCCCC. The molecule has 26 heavy (non-hydrogen) atoms. The van der Waals surface area contributed by atoms with Gasteiger partial charge in [0.2, 0.25) is 0 Å². The van der Waals surface area contributed by atoms with Gasteiger partial charge in [0.15, 0.2) is 0 Å². The van der Waals surface area contributed by atoms with Gasteiger partial charge in [-0.05, 0) is 40.5 Å². The van der Waals surface area contributed by atoms with E-state index in [9.17, 15) is 0 Å². The molecule has 2 nitrogen and oxygen atoms in total. The van der Waals surface area contributed by atoms with E-state index in [1.165, 1.54) is 77.0 Å². The quantitative estimate of drug-likeness (QED) is 0.291. The minimum atomic E-state index is -0.146. The van der Waals surface area contributed by atoms with E-state index < -0.39 is 0 Å². The molecule has 0 aromatic rings. The molecule has 4 unspecified atom stereocenters. The van der Waals surface area contributed by atoms with Crippen molar-refractivity contribution >= 4 is 0 Å². The number of hydrogen-bond acceptors (Lipinski definition) is 2. The molecule has 0 spiro atoms. The van der Waals surface area contributed by atoms with Crippen LogP contribution in [0, 0.1) is 0 Å². The summed E-state index contributed by atoms with van der Waals surface area (Å²) in [5.74, 6) is 0. The minimum Gasteiger partial charge on any atom is -0.367 e. The molecule has 0 saturated carbocycles. The van der Waals surface area contributed by atoms with Gasteiger partial charge in [-0.2, -0.15) is 0 Å². The second-order valence-corrected chi connectivity index (χ2v) is 9.14. The fraction of sp³-hybridized carbons (Fsp3) is 1.00. The summed E-state index contributed by atoms with van der Waals surface area (Å²) in [5.41, 5.74) is -0.291. The van der Waals surface area contributed by atoms with Crippen LogP contribution in [0.3, 0.4) is 0 Å². The lowest BCUT2D eigenvalue weighted by molar-refractivity contribution is -0.303. The first-order valence-corrected chi connectivity index (χ1v) is 11.7. The smallest absolute Gasteiger partial charge is 0.0945 e. The predicted molar refractivity (Wildman–Crippen MR) is 114 cm³/mol. The maximum Gasteiger partial charge on any atom is 0.0945 e. The van der Waals surface area contributed by atoms with Gasteiger partial charge in [0.1, 0.15) is 0 Å². The van der Waals surface area contributed by atoms with Crippen molar-refractivity contribution in [3.63, 3.8) is 0 Å². The van der Waals surface area contributed by atoms with Crippen LogP contribution in [-0.4, -0.2) is 23.4 Å². The monoisotopic (exact) mass is 368 g/mol. The molecule has 1 aliphatic rings. The van der Waals surface area contributed by atoms with Gasteiger partial charge in [-0.25, -0.2) is 0 Å². The Morgan fingerprint density at radius 1 is 0.538 bits per heavy atom. The molecule has 2 heteroatoms. The van der Waals surface area contributed by atoms with Crippen LogP contribution < -0.4 is 0 Å². The van der Waals surface area contributed by atoms with Crippen LogP contribution in [0.2, 0.25) is 0 Å². The van der Waals surface area contributed by atoms with Crippen molar-refractivity contribution in [2.45, 2.75) is 155 Å². The summed E-state index contributed by atoms with van der Waals surface area (Å²) in [5, 5.41) is 0. The molecule has 0 aromatic heterocycles. The molecule has 1 fully saturated rings. The topological polar surface area (TPSA) is 18.5 Å². The van der Waals surface area contributed by atoms with Crippen molar-refractivity contribution in [3.05, 3.63) is 0 Å². The first-order chi connectivity index (χ1) is 12.4. The Hall–Kier alpha value is -0.0800. The van der Waals surface area contributed by atoms with Gasteiger partial charge in [0.25, 0.3) is 0 Å². The summed E-state index contributed by atoms with van der Waals surface area (Å²) >= 11 is 0. The fourth-order valence-electron chi connectivity index (χ4n) is 4.39. The molecular formula is C24H48O2. The second kappa shape index (κ2) is 12.4. The predicted octanol–water partition coefficient (Wildman–Crippen LogP) is 7.83. The third-order valence-corrected chi connectivity index (χ3v) is 6.69. The zero-order chi connectivity index (χ0) is 19.5. The number of unbranched alkanes of at least 4 members (excludes halogenated alkanes) is 10. The molecule has 0 amide bonds. The van der Waals surface area contributed by atoms with E-state index in [1.807, 2.05) is 0 Å². The number of hydrogen-bond donors (Lipinski definition) is 0. The van der Waals surface area contributed by atoms with Gasteiger partial charge < -0.3 is 9.47 Å². The number of ether oxygens (including phenoxy) is 2. The molecule has 0 radical (unpaired) electrons. The lowest BCUT2D eigenvalue weighted by Gasteiger charge is -2.54. The average Bonchev–Trinajstić information content (AvgIpc) is 2.59. The van der Waals surface area contributed by atoms with Crippen LogP contribution in [0.15, 0.2) is 0 Å². The van der Waals surface area contributed by atoms with Crippen molar-refractivity contribution in [1.82, 2.24) is 0 Å². The summed E-state index contributed by atoms with van der Waals surface area (Å²) in [6, 6.07) is 0. The Morgan fingerprint density at radius 2 is 0.846 bits per heavy atom. The van der Waals surface area contributed by atoms with Crippen molar-refractivity contribution in [2.24, 2.45) is 0 Å². The zero-order valence-corrected chi connectivity index (χ0v) is 18.9. The molecule has 0 aliphatic carbocycles. The number of rotatable bonds is 14. The molecular weight excluding hydrogens is 320 g/mol. The lowest BCUT2D eigenvalue weighted by atomic mass is 9.76. The maximum atomic E-state index is 6.60. The van der Waals surface area contributed by atoms with Gasteiger partial charge in [0, 0.05) is 0 Å². The van der Waals surface area contributed by atoms with Crippen molar-refractivity contribution in [1.29, 1.82) is 0 Å². The Kier molecular flexibility index (Phi) is 11.4. The van der Waals surface area contributed by atoms with Crippen molar-refractivity contribution in [2.75, 3.05) is 0 Å². The van der Waals surface area contributed by atoms with Crippen LogP contribution >= 0.6 is 0 Å². The van der Waals surface area contributed by atoms with E-state index in [-0.39, 0.29) is 23.4 Å². The molecule has 0 aromatic carbocycles. The normalized spacial score (nSPS) is 32.1. The molecule has 1 rings (SSSR count). The van der Waals surface area contributed by atoms with Crippen LogP contribution in [-0.2, 0) is 9.47 Å². The Bertz CT molecular complexity index is 322. The van der Waals surface area contributed by atoms with E-state index in [0.717, 1.165) is 12.8 Å². The van der Waals surface area contributed by atoms with Crippen LogP contribution in [0.4, 0.5) is 0 Å². The molecule has 1 saturated heterocycles. The summed E-state index contributed by atoms with van der Waals surface area (Å²) in [4.78, 5) is 0. The van der Waals surface area contributed by atoms with Crippen LogP contribution in [0.25, 0.3) is 0 Å². The van der Waals surface area contributed by atoms with E-state index in [2.05, 4.69) is 41.5 Å². The Morgan fingerprint density at radius 3 is 1.19 bits per heavy atom.